The summed E-state index contributed by atoms with van der Waals surface area (Å²) in [5, 5.41) is 10.4. The van der Waals surface area contributed by atoms with Crippen LogP contribution < -0.4 is 4.90 Å². The monoisotopic (exact) mass is 458 g/mol. The summed E-state index contributed by atoms with van der Waals surface area (Å²) in [7, 11) is 0. The number of piperazine rings is 1. The molecule has 1 aliphatic rings. The van der Waals surface area contributed by atoms with E-state index >= 15 is 0 Å². The van der Waals surface area contributed by atoms with Crippen LogP contribution in [0.4, 0.5) is 5.82 Å². The van der Waals surface area contributed by atoms with Gasteiger partial charge in [-0.1, -0.05) is 79.9 Å². The van der Waals surface area contributed by atoms with Gasteiger partial charge < -0.3 is 10.0 Å². The molecule has 0 radical (unpaired) electrons. The summed E-state index contributed by atoms with van der Waals surface area (Å²) < 4.78 is 0. The predicted molar refractivity (Wildman–Crippen MR) is 140 cm³/mol. The van der Waals surface area contributed by atoms with Crippen LogP contribution in [0.3, 0.4) is 0 Å². The number of aryl methyl sites for hydroxylation is 2. The second-order valence-electron chi connectivity index (χ2n) is 9.55. The molecule has 5 nitrogen and oxygen atoms in total. The Kier molecular flexibility index (Phi) is 8.30. The van der Waals surface area contributed by atoms with Gasteiger partial charge in [-0.25, -0.2) is 9.97 Å². The zero-order chi connectivity index (χ0) is 23.9. The molecule has 0 unspecified atom stereocenters. The van der Waals surface area contributed by atoms with Crippen LogP contribution in [0.5, 0.6) is 0 Å². The number of β-amino-alcohol motifs (C(OH)–C–C–N with tert-alkyl or cyclic N) is 1. The lowest BCUT2D eigenvalue weighted by Crippen LogP contribution is -2.49. The van der Waals surface area contributed by atoms with Crippen molar-refractivity contribution in [2.24, 2.45) is 0 Å². The van der Waals surface area contributed by atoms with Crippen LogP contribution in [0.2, 0.25) is 0 Å². The minimum Gasteiger partial charge on any atom is -0.392 e. The van der Waals surface area contributed by atoms with E-state index in [4.69, 9.17) is 9.97 Å². The highest BCUT2D eigenvalue weighted by Gasteiger charge is 2.24. The van der Waals surface area contributed by atoms with Crippen LogP contribution in [0.25, 0.3) is 11.4 Å². The summed E-state index contributed by atoms with van der Waals surface area (Å²) in [6.07, 6.45) is 3.71. The van der Waals surface area contributed by atoms with E-state index < -0.39 is 0 Å². The maximum atomic E-state index is 10.4. The van der Waals surface area contributed by atoms with Crippen molar-refractivity contribution in [1.29, 1.82) is 0 Å². The fourth-order valence-electron chi connectivity index (χ4n) is 4.76. The van der Waals surface area contributed by atoms with E-state index in [1.54, 1.807) is 0 Å². The van der Waals surface area contributed by atoms with Gasteiger partial charge in [0.1, 0.15) is 5.82 Å². The molecule has 1 aromatic heterocycles. The Hall–Kier alpha value is -2.76. The molecule has 0 amide bonds. The molecule has 34 heavy (non-hydrogen) atoms. The van der Waals surface area contributed by atoms with Gasteiger partial charge in [0.05, 0.1) is 6.10 Å². The molecule has 1 saturated heterocycles. The first-order valence-electron chi connectivity index (χ1n) is 12.7. The quantitative estimate of drug-likeness (QED) is 0.488. The standard InChI is InChI=1S/C29H38N4O/c1-4-5-14-26(34)21-32-15-17-33(18-16-32)29-27(20-24-11-9-10-22(2)19-24)23(3)30-28(31-29)25-12-7-6-8-13-25/h6-13,19,26,34H,4-5,14-18,20-21H2,1-3H3/t26-/m1/s1. The molecule has 0 bridgehead atoms. The summed E-state index contributed by atoms with van der Waals surface area (Å²) in [6.45, 7) is 10.9. The van der Waals surface area contributed by atoms with E-state index in [2.05, 4.69) is 67.0 Å². The van der Waals surface area contributed by atoms with Crippen LogP contribution in [-0.4, -0.2) is 58.8 Å². The van der Waals surface area contributed by atoms with Gasteiger partial charge in [0.25, 0.3) is 0 Å². The number of aliphatic hydroxyl groups is 1. The van der Waals surface area contributed by atoms with E-state index in [9.17, 15) is 5.11 Å². The molecular weight excluding hydrogens is 420 g/mol. The molecule has 0 spiro atoms. The summed E-state index contributed by atoms with van der Waals surface area (Å²) in [4.78, 5) is 14.8. The minimum atomic E-state index is -0.227. The molecule has 1 fully saturated rings. The molecule has 180 valence electrons. The largest absolute Gasteiger partial charge is 0.392 e. The van der Waals surface area contributed by atoms with Gasteiger partial charge in [-0.3, -0.25) is 4.90 Å². The maximum Gasteiger partial charge on any atom is 0.161 e. The molecule has 4 rings (SSSR count). The molecule has 1 atom stereocenters. The third-order valence-electron chi connectivity index (χ3n) is 6.72. The lowest BCUT2D eigenvalue weighted by atomic mass is 10.0. The molecule has 1 aliphatic heterocycles. The van der Waals surface area contributed by atoms with Crippen molar-refractivity contribution < 1.29 is 5.11 Å². The van der Waals surface area contributed by atoms with Gasteiger partial charge in [0.2, 0.25) is 0 Å². The highest BCUT2D eigenvalue weighted by molar-refractivity contribution is 5.61. The summed E-state index contributed by atoms with van der Waals surface area (Å²) in [6, 6.07) is 19.0. The number of nitrogens with zero attached hydrogens (tertiary/aromatic N) is 4. The number of hydrogen-bond acceptors (Lipinski definition) is 5. The topological polar surface area (TPSA) is 52.5 Å². The van der Waals surface area contributed by atoms with Crippen LogP contribution in [0, 0.1) is 13.8 Å². The zero-order valence-electron chi connectivity index (χ0n) is 20.9. The Morgan fingerprint density at radius 3 is 2.41 bits per heavy atom. The number of benzene rings is 2. The highest BCUT2D eigenvalue weighted by Crippen LogP contribution is 2.28. The number of hydrogen-bond donors (Lipinski definition) is 1. The van der Waals surface area contributed by atoms with Gasteiger partial charge in [-0.05, 0) is 25.8 Å². The number of unbranched alkanes of at least 4 members (excludes halogenated alkanes) is 1. The van der Waals surface area contributed by atoms with E-state index in [-0.39, 0.29) is 6.10 Å². The van der Waals surface area contributed by atoms with Gasteiger partial charge in [0, 0.05) is 56.0 Å². The lowest BCUT2D eigenvalue weighted by molar-refractivity contribution is 0.100. The minimum absolute atomic E-state index is 0.227. The van der Waals surface area contributed by atoms with Crippen molar-refractivity contribution in [1.82, 2.24) is 14.9 Å². The number of aromatic nitrogens is 2. The molecule has 1 N–H and O–H groups in total. The molecule has 0 saturated carbocycles. The normalized spacial score (nSPS) is 15.5. The Morgan fingerprint density at radius 2 is 1.71 bits per heavy atom. The first-order chi connectivity index (χ1) is 16.5. The van der Waals surface area contributed by atoms with Crippen molar-refractivity contribution in [3.05, 3.63) is 77.0 Å². The Labute approximate surface area is 204 Å². The summed E-state index contributed by atoms with van der Waals surface area (Å²) in [5.74, 6) is 1.84. The van der Waals surface area contributed by atoms with E-state index in [1.165, 1.54) is 16.7 Å². The average Bonchev–Trinajstić information content (AvgIpc) is 2.85. The first kappa shape index (κ1) is 24.4. The number of aliphatic hydroxyl groups excluding tert-OH is 1. The van der Waals surface area contributed by atoms with Crippen molar-refractivity contribution in [3.63, 3.8) is 0 Å². The third kappa shape index (κ3) is 6.22. The SMILES string of the molecule is CCCC[C@@H](O)CN1CCN(c2nc(-c3ccccc3)nc(C)c2Cc2cccc(C)c2)CC1. The molecule has 5 heteroatoms. The molecule has 3 aromatic rings. The van der Waals surface area contributed by atoms with E-state index in [0.29, 0.717) is 0 Å². The van der Waals surface area contributed by atoms with Crippen molar-refractivity contribution in [2.45, 2.75) is 52.6 Å². The van der Waals surface area contributed by atoms with Crippen molar-refractivity contribution >= 4 is 5.82 Å². The van der Waals surface area contributed by atoms with Gasteiger partial charge >= 0.3 is 0 Å². The van der Waals surface area contributed by atoms with E-state index in [1.807, 2.05) is 18.2 Å². The predicted octanol–water partition coefficient (Wildman–Crippen LogP) is 5.02. The van der Waals surface area contributed by atoms with Gasteiger partial charge in [0.15, 0.2) is 5.82 Å². The van der Waals surface area contributed by atoms with Gasteiger partial charge in [-0.2, -0.15) is 0 Å². The highest BCUT2D eigenvalue weighted by atomic mass is 16.3. The summed E-state index contributed by atoms with van der Waals surface area (Å²) >= 11 is 0. The second-order valence-corrected chi connectivity index (χ2v) is 9.55. The fraction of sp³-hybridized carbons (Fsp3) is 0.448. The molecule has 0 aliphatic carbocycles. The van der Waals surface area contributed by atoms with Crippen LogP contribution in [0.15, 0.2) is 54.6 Å². The Morgan fingerprint density at radius 1 is 0.941 bits per heavy atom. The molecule has 2 aromatic carbocycles. The first-order valence-corrected chi connectivity index (χ1v) is 12.7. The summed E-state index contributed by atoms with van der Waals surface area (Å²) in [5.41, 5.74) is 5.86. The van der Waals surface area contributed by atoms with Gasteiger partial charge in [-0.15, -0.1) is 0 Å². The lowest BCUT2D eigenvalue weighted by Gasteiger charge is -2.37. The Balaban J connectivity index is 1.58. The van der Waals surface area contributed by atoms with Crippen molar-refractivity contribution in [3.8, 4) is 11.4 Å². The molecular formula is C29H38N4O. The molecule has 2 heterocycles. The maximum absolute atomic E-state index is 10.4. The van der Waals surface area contributed by atoms with Crippen LogP contribution >= 0.6 is 0 Å². The average molecular weight is 459 g/mol. The van der Waals surface area contributed by atoms with Crippen LogP contribution in [-0.2, 0) is 6.42 Å². The van der Waals surface area contributed by atoms with E-state index in [0.717, 1.165) is 81.3 Å². The number of rotatable bonds is 9. The fourth-order valence-corrected chi connectivity index (χ4v) is 4.76. The number of anilines is 1. The van der Waals surface area contributed by atoms with Crippen LogP contribution in [0.1, 0.15) is 48.6 Å². The third-order valence-corrected chi connectivity index (χ3v) is 6.72. The smallest absolute Gasteiger partial charge is 0.161 e. The second kappa shape index (κ2) is 11.6. The van der Waals surface area contributed by atoms with Crippen molar-refractivity contribution in [2.75, 3.05) is 37.6 Å². The zero-order valence-corrected chi connectivity index (χ0v) is 20.9. The Bertz CT molecular complexity index is 1060.